The molecule has 3 rings (SSSR count). The fourth-order valence-corrected chi connectivity index (χ4v) is 3.83. The minimum Gasteiger partial charge on any atom is -1.00 e. The van der Waals surface area contributed by atoms with Crippen LogP contribution in [0.2, 0.25) is 0 Å². The predicted octanol–water partition coefficient (Wildman–Crippen LogP) is -2.06. The minimum absolute atomic E-state index is 0. The lowest BCUT2D eigenvalue weighted by atomic mass is 10.1. The summed E-state index contributed by atoms with van der Waals surface area (Å²) in [5, 5.41) is 2.73. The SMILES string of the molecule is C[N+]1(N2CC[NH+](Cc3ccccc3)CC2)CCCCC1.[Br-]. The number of quaternary nitrogens is 2. The Hall–Kier alpha value is -0.420. The van der Waals surface area contributed by atoms with E-state index < -0.39 is 0 Å². The molecule has 1 aromatic rings. The van der Waals surface area contributed by atoms with Gasteiger partial charge in [-0.15, -0.1) is 5.01 Å². The Bertz CT molecular complexity index is 409. The molecule has 0 aliphatic carbocycles. The molecule has 2 saturated heterocycles. The first kappa shape index (κ1) is 16.9. The zero-order valence-electron chi connectivity index (χ0n) is 13.2. The van der Waals surface area contributed by atoms with Gasteiger partial charge in [0.05, 0.1) is 46.3 Å². The highest BCUT2D eigenvalue weighted by Gasteiger charge is 2.36. The van der Waals surface area contributed by atoms with Crippen LogP contribution in [0.3, 0.4) is 0 Å². The van der Waals surface area contributed by atoms with Crippen molar-refractivity contribution in [3.05, 3.63) is 35.9 Å². The maximum absolute atomic E-state index is 2.73. The molecule has 118 valence electrons. The van der Waals surface area contributed by atoms with E-state index in [9.17, 15) is 0 Å². The minimum atomic E-state index is 0. The first-order valence-electron chi connectivity index (χ1n) is 8.24. The molecule has 0 atom stereocenters. The summed E-state index contributed by atoms with van der Waals surface area (Å²) in [5.41, 5.74) is 1.48. The molecule has 1 aromatic carbocycles. The second-order valence-corrected chi connectivity index (χ2v) is 6.71. The Morgan fingerprint density at radius 3 is 2.24 bits per heavy atom. The second-order valence-electron chi connectivity index (χ2n) is 6.71. The van der Waals surface area contributed by atoms with E-state index in [1.807, 2.05) is 0 Å². The number of hydrogen-bond donors (Lipinski definition) is 1. The monoisotopic (exact) mass is 354 g/mol. The van der Waals surface area contributed by atoms with Crippen molar-refractivity contribution in [3.8, 4) is 0 Å². The molecule has 0 unspecified atom stereocenters. The topological polar surface area (TPSA) is 7.68 Å². The Labute approximate surface area is 139 Å². The van der Waals surface area contributed by atoms with Gasteiger partial charge >= 0.3 is 0 Å². The van der Waals surface area contributed by atoms with Gasteiger partial charge in [0.15, 0.2) is 0 Å². The average molecular weight is 355 g/mol. The average Bonchev–Trinajstić information content (AvgIpc) is 2.50. The summed E-state index contributed by atoms with van der Waals surface area (Å²) in [4.78, 5) is 1.75. The van der Waals surface area contributed by atoms with Gasteiger partial charge in [0.25, 0.3) is 0 Å². The number of hydrogen-bond acceptors (Lipinski definition) is 1. The normalized spacial score (nSPS) is 23.5. The molecule has 3 nitrogen and oxygen atoms in total. The summed E-state index contributed by atoms with van der Waals surface area (Å²) in [6, 6.07) is 10.9. The largest absolute Gasteiger partial charge is 1.00 e. The van der Waals surface area contributed by atoms with Crippen LogP contribution < -0.4 is 21.9 Å². The molecule has 0 aromatic heterocycles. The van der Waals surface area contributed by atoms with Gasteiger partial charge in [0.2, 0.25) is 0 Å². The van der Waals surface area contributed by atoms with Crippen molar-refractivity contribution in [3.63, 3.8) is 0 Å². The number of likely N-dealkylation sites (tertiary alicyclic amines) is 1. The van der Waals surface area contributed by atoms with E-state index in [-0.39, 0.29) is 17.0 Å². The van der Waals surface area contributed by atoms with Gasteiger partial charge < -0.3 is 21.9 Å². The van der Waals surface area contributed by atoms with Gasteiger partial charge in [-0.2, -0.15) is 0 Å². The summed E-state index contributed by atoms with van der Waals surface area (Å²) in [5.74, 6) is 0. The highest BCUT2D eigenvalue weighted by atomic mass is 79.9. The van der Waals surface area contributed by atoms with E-state index >= 15 is 0 Å². The standard InChI is InChI=1S/C17H28N3.BrH/c1-20(14-6-3-7-15-20)19-12-10-18(11-13-19)16-17-8-4-2-5-9-17;/h2,4-5,8-9H,3,6-7,10-16H2,1H3;1H/q+1;. The molecule has 0 amide bonds. The number of halogens is 1. The molecular weight excluding hydrogens is 326 g/mol. The number of piperidine rings is 1. The van der Waals surface area contributed by atoms with Gasteiger partial charge in [-0.25, -0.2) is 4.59 Å². The number of nitrogens with zero attached hydrogens (tertiary/aromatic N) is 2. The lowest BCUT2D eigenvalue weighted by molar-refractivity contribution is -1.04. The van der Waals surface area contributed by atoms with Crippen molar-refractivity contribution in [1.29, 1.82) is 0 Å². The molecule has 0 saturated carbocycles. The maximum Gasteiger partial charge on any atom is 0.103 e. The van der Waals surface area contributed by atoms with E-state index in [4.69, 9.17) is 0 Å². The van der Waals surface area contributed by atoms with E-state index in [0.717, 1.165) is 0 Å². The van der Waals surface area contributed by atoms with Crippen LogP contribution in [0, 0.1) is 0 Å². The van der Waals surface area contributed by atoms with Gasteiger partial charge in [-0.1, -0.05) is 30.3 Å². The molecule has 1 N–H and O–H groups in total. The van der Waals surface area contributed by atoms with Crippen molar-refractivity contribution in [2.24, 2.45) is 0 Å². The van der Waals surface area contributed by atoms with Crippen molar-refractivity contribution in [2.45, 2.75) is 25.8 Å². The van der Waals surface area contributed by atoms with Crippen LogP contribution in [0.5, 0.6) is 0 Å². The number of benzene rings is 1. The predicted molar refractivity (Wildman–Crippen MR) is 82.2 cm³/mol. The number of nitrogens with one attached hydrogen (secondary N) is 1. The van der Waals surface area contributed by atoms with Crippen LogP contribution in [0.1, 0.15) is 24.8 Å². The molecule has 4 heteroatoms. The fraction of sp³-hybridized carbons (Fsp3) is 0.647. The Kier molecular flexibility index (Phi) is 6.23. The molecule has 0 bridgehead atoms. The van der Waals surface area contributed by atoms with Gasteiger partial charge in [0, 0.05) is 5.56 Å². The van der Waals surface area contributed by atoms with Crippen molar-refractivity contribution < 1.29 is 26.5 Å². The van der Waals surface area contributed by atoms with Crippen LogP contribution in [0.15, 0.2) is 30.3 Å². The van der Waals surface area contributed by atoms with Gasteiger partial charge in [0.1, 0.15) is 6.54 Å². The van der Waals surface area contributed by atoms with E-state index in [1.165, 1.54) is 75.2 Å². The van der Waals surface area contributed by atoms with Gasteiger partial charge in [-0.3, -0.25) is 0 Å². The third-order valence-corrected chi connectivity index (χ3v) is 5.21. The quantitative estimate of drug-likeness (QED) is 0.613. The van der Waals surface area contributed by atoms with E-state index in [2.05, 4.69) is 42.4 Å². The number of rotatable bonds is 3. The maximum atomic E-state index is 2.73. The van der Waals surface area contributed by atoms with Crippen LogP contribution in [-0.2, 0) is 6.54 Å². The zero-order chi connectivity index (χ0) is 13.8. The van der Waals surface area contributed by atoms with E-state index in [1.54, 1.807) is 4.90 Å². The lowest BCUT2D eigenvalue weighted by Crippen LogP contribution is -3.13. The lowest BCUT2D eigenvalue weighted by Gasteiger charge is -2.47. The third-order valence-electron chi connectivity index (χ3n) is 5.21. The summed E-state index contributed by atoms with van der Waals surface area (Å²) in [6.07, 6.45) is 4.26. The highest BCUT2D eigenvalue weighted by Crippen LogP contribution is 2.19. The molecule has 2 aliphatic heterocycles. The van der Waals surface area contributed by atoms with Crippen molar-refractivity contribution in [1.82, 2.24) is 5.01 Å². The molecular formula is C17H29BrN3+. The Balaban J connectivity index is 0.00000161. The fourth-order valence-electron chi connectivity index (χ4n) is 3.83. The highest BCUT2D eigenvalue weighted by molar-refractivity contribution is 5.13. The van der Waals surface area contributed by atoms with Crippen LogP contribution in [-0.4, -0.2) is 55.9 Å². The van der Waals surface area contributed by atoms with E-state index in [0.29, 0.717) is 0 Å². The molecule has 0 radical (unpaired) electrons. The first-order chi connectivity index (χ1) is 9.76. The molecule has 2 fully saturated rings. The van der Waals surface area contributed by atoms with Crippen LogP contribution >= 0.6 is 0 Å². The summed E-state index contributed by atoms with van der Waals surface area (Å²) >= 11 is 0. The Morgan fingerprint density at radius 1 is 1.00 bits per heavy atom. The first-order valence-corrected chi connectivity index (χ1v) is 8.24. The van der Waals surface area contributed by atoms with Crippen LogP contribution in [0.25, 0.3) is 0 Å². The Morgan fingerprint density at radius 2 is 1.62 bits per heavy atom. The zero-order valence-corrected chi connectivity index (χ0v) is 14.8. The molecule has 2 heterocycles. The molecule has 0 spiro atoms. The summed E-state index contributed by atoms with van der Waals surface area (Å²) in [7, 11) is 2.45. The summed E-state index contributed by atoms with van der Waals surface area (Å²) in [6.45, 7) is 9.02. The third kappa shape index (κ3) is 4.28. The van der Waals surface area contributed by atoms with Crippen molar-refractivity contribution >= 4 is 0 Å². The summed E-state index contributed by atoms with van der Waals surface area (Å²) < 4.78 is 1.21. The smallest absolute Gasteiger partial charge is 0.103 e. The van der Waals surface area contributed by atoms with Crippen molar-refractivity contribution in [2.75, 3.05) is 46.3 Å². The number of piperazine rings is 1. The molecule has 2 aliphatic rings. The van der Waals surface area contributed by atoms with Gasteiger partial charge in [-0.05, 0) is 19.3 Å². The van der Waals surface area contributed by atoms with Crippen LogP contribution in [0.4, 0.5) is 0 Å². The second kappa shape index (κ2) is 7.73. The molecule has 21 heavy (non-hydrogen) atoms.